The molecule has 2 amide bonds. The molecule has 0 saturated carbocycles. The molecular weight excluding hydrogens is 363 g/mol. The molecule has 27 heavy (non-hydrogen) atoms. The maximum atomic E-state index is 13.0. The van der Waals surface area contributed by atoms with Gasteiger partial charge in [-0.15, -0.1) is 11.3 Å². The van der Waals surface area contributed by atoms with Gasteiger partial charge in [0.05, 0.1) is 12.0 Å². The predicted octanol–water partition coefficient (Wildman–Crippen LogP) is 4.32. The molecule has 144 valence electrons. The first kappa shape index (κ1) is 19.5. The topological polar surface area (TPSA) is 72.2 Å². The highest BCUT2D eigenvalue weighted by atomic mass is 32.1. The third kappa shape index (κ3) is 4.38. The lowest BCUT2D eigenvalue weighted by molar-refractivity contribution is -0.115. The van der Waals surface area contributed by atoms with E-state index >= 15 is 0 Å². The Morgan fingerprint density at radius 1 is 1.26 bits per heavy atom. The van der Waals surface area contributed by atoms with Crippen molar-refractivity contribution in [2.75, 3.05) is 5.32 Å². The van der Waals surface area contributed by atoms with Gasteiger partial charge in [0.2, 0.25) is 5.91 Å². The molecule has 1 unspecified atom stereocenters. The summed E-state index contributed by atoms with van der Waals surface area (Å²) in [6.07, 6.45) is 2.83. The van der Waals surface area contributed by atoms with Gasteiger partial charge in [-0.05, 0) is 53.9 Å². The van der Waals surface area contributed by atoms with Gasteiger partial charge in [-0.2, -0.15) is 0 Å². The minimum Gasteiger partial charge on any atom is -0.365 e. The number of carbonyl (C=O) groups excluding carboxylic acids is 2. The number of benzene rings is 1. The van der Waals surface area contributed by atoms with Crippen LogP contribution in [0.25, 0.3) is 0 Å². The number of fused-ring (bicyclic) bond motifs is 1. The van der Waals surface area contributed by atoms with Crippen molar-refractivity contribution in [3.8, 4) is 0 Å². The van der Waals surface area contributed by atoms with E-state index in [1.807, 2.05) is 0 Å². The highest BCUT2D eigenvalue weighted by Gasteiger charge is 2.33. The van der Waals surface area contributed by atoms with Crippen LogP contribution in [0.3, 0.4) is 0 Å². The molecule has 2 aromatic rings. The molecule has 1 aromatic heterocycles. The van der Waals surface area contributed by atoms with E-state index in [0.29, 0.717) is 22.0 Å². The Kier molecular flexibility index (Phi) is 5.38. The van der Waals surface area contributed by atoms with E-state index in [4.69, 9.17) is 5.73 Å². The summed E-state index contributed by atoms with van der Waals surface area (Å²) in [4.78, 5) is 25.6. The number of nitrogens with two attached hydrogens (primary N) is 1. The number of rotatable bonds is 4. The van der Waals surface area contributed by atoms with E-state index in [2.05, 4.69) is 26.1 Å². The lowest BCUT2D eigenvalue weighted by atomic mass is 9.72. The lowest BCUT2D eigenvalue weighted by Crippen LogP contribution is -2.27. The van der Waals surface area contributed by atoms with Crippen LogP contribution in [0, 0.1) is 17.2 Å². The highest BCUT2D eigenvalue weighted by molar-refractivity contribution is 7.17. The SMILES string of the molecule is CC(C)(C)C1CCc2c(sc(NC(=O)Cc3ccc(F)cc3)c2C(N)=O)C1. The maximum Gasteiger partial charge on any atom is 0.251 e. The number of anilines is 1. The Labute approximate surface area is 163 Å². The van der Waals surface area contributed by atoms with E-state index < -0.39 is 5.91 Å². The van der Waals surface area contributed by atoms with E-state index in [9.17, 15) is 14.0 Å². The molecule has 0 spiro atoms. The molecule has 4 nitrogen and oxygen atoms in total. The van der Waals surface area contributed by atoms with Crippen LogP contribution in [0.2, 0.25) is 0 Å². The smallest absolute Gasteiger partial charge is 0.251 e. The molecule has 0 fully saturated rings. The van der Waals surface area contributed by atoms with Crippen LogP contribution in [-0.2, 0) is 24.1 Å². The number of hydrogen-bond acceptors (Lipinski definition) is 3. The Hall–Kier alpha value is -2.21. The van der Waals surface area contributed by atoms with Crippen molar-refractivity contribution in [3.05, 3.63) is 51.7 Å². The van der Waals surface area contributed by atoms with Gasteiger partial charge in [-0.25, -0.2) is 4.39 Å². The van der Waals surface area contributed by atoms with Crippen molar-refractivity contribution in [2.24, 2.45) is 17.1 Å². The molecule has 1 atom stereocenters. The largest absolute Gasteiger partial charge is 0.365 e. The van der Waals surface area contributed by atoms with E-state index in [1.165, 1.54) is 23.5 Å². The molecule has 1 heterocycles. The normalized spacial score (nSPS) is 16.7. The van der Waals surface area contributed by atoms with E-state index in [1.54, 1.807) is 12.1 Å². The van der Waals surface area contributed by atoms with Crippen LogP contribution in [0.1, 0.15) is 53.6 Å². The van der Waals surface area contributed by atoms with Crippen LogP contribution < -0.4 is 11.1 Å². The number of halogens is 1. The van der Waals surface area contributed by atoms with Gasteiger partial charge in [0.25, 0.3) is 5.91 Å². The number of carbonyl (C=O) groups is 2. The van der Waals surface area contributed by atoms with Crippen LogP contribution >= 0.6 is 11.3 Å². The Morgan fingerprint density at radius 2 is 1.93 bits per heavy atom. The summed E-state index contributed by atoms with van der Waals surface area (Å²) in [5, 5.41) is 3.39. The zero-order chi connectivity index (χ0) is 19.8. The number of nitrogens with one attached hydrogen (secondary N) is 1. The van der Waals surface area contributed by atoms with Gasteiger partial charge < -0.3 is 11.1 Å². The van der Waals surface area contributed by atoms with Gasteiger partial charge in [0, 0.05) is 4.88 Å². The summed E-state index contributed by atoms with van der Waals surface area (Å²) < 4.78 is 13.0. The summed E-state index contributed by atoms with van der Waals surface area (Å²) in [6.45, 7) is 6.70. The number of amides is 2. The van der Waals surface area contributed by atoms with Gasteiger partial charge in [0.1, 0.15) is 10.8 Å². The lowest BCUT2D eigenvalue weighted by Gasteiger charge is -2.33. The van der Waals surface area contributed by atoms with Crippen molar-refractivity contribution >= 4 is 28.2 Å². The molecule has 3 rings (SSSR count). The summed E-state index contributed by atoms with van der Waals surface area (Å²) in [5.74, 6) is -0.546. The molecule has 6 heteroatoms. The second kappa shape index (κ2) is 7.43. The van der Waals surface area contributed by atoms with Gasteiger partial charge in [-0.3, -0.25) is 9.59 Å². The monoisotopic (exact) mass is 388 g/mol. The van der Waals surface area contributed by atoms with Crippen LogP contribution in [0.5, 0.6) is 0 Å². The average Bonchev–Trinajstić information content (AvgIpc) is 2.93. The zero-order valence-electron chi connectivity index (χ0n) is 15.9. The van der Waals surface area contributed by atoms with Crippen LogP contribution in [0.4, 0.5) is 9.39 Å². The molecule has 3 N–H and O–H groups in total. The second-order valence-electron chi connectivity index (χ2n) is 8.23. The van der Waals surface area contributed by atoms with E-state index in [-0.39, 0.29) is 23.6 Å². The van der Waals surface area contributed by atoms with Gasteiger partial charge in [0.15, 0.2) is 0 Å². The fourth-order valence-corrected chi connectivity index (χ4v) is 4.98. The summed E-state index contributed by atoms with van der Waals surface area (Å²) in [5.41, 5.74) is 7.97. The Bertz CT molecular complexity index is 866. The predicted molar refractivity (Wildman–Crippen MR) is 107 cm³/mol. The molecule has 0 aliphatic heterocycles. The van der Waals surface area contributed by atoms with Crippen molar-refractivity contribution in [1.82, 2.24) is 0 Å². The molecule has 1 aliphatic carbocycles. The molecule has 0 saturated heterocycles. The van der Waals surface area contributed by atoms with Crippen molar-refractivity contribution in [3.63, 3.8) is 0 Å². The molecule has 1 aliphatic rings. The third-order valence-electron chi connectivity index (χ3n) is 5.27. The summed E-state index contributed by atoms with van der Waals surface area (Å²) in [6, 6.07) is 5.82. The van der Waals surface area contributed by atoms with Crippen molar-refractivity contribution in [2.45, 2.75) is 46.5 Å². The van der Waals surface area contributed by atoms with Gasteiger partial charge >= 0.3 is 0 Å². The number of thiophene rings is 1. The van der Waals surface area contributed by atoms with Crippen LogP contribution in [0.15, 0.2) is 24.3 Å². The second-order valence-corrected chi connectivity index (χ2v) is 9.33. The molecule has 0 radical (unpaired) electrons. The summed E-state index contributed by atoms with van der Waals surface area (Å²) in [7, 11) is 0. The third-order valence-corrected chi connectivity index (χ3v) is 6.44. The minimum absolute atomic E-state index is 0.117. The molecular formula is C21H25FN2O2S. The molecule has 1 aromatic carbocycles. The van der Waals surface area contributed by atoms with Crippen molar-refractivity contribution < 1.29 is 14.0 Å². The maximum absolute atomic E-state index is 13.0. The number of hydrogen-bond donors (Lipinski definition) is 2. The average molecular weight is 389 g/mol. The quantitative estimate of drug-likeness (QED) is 0.819. The van der Waals surface area contributed by atoms with Gasteiger partial charge in [-0.1, -0.05) is 32.9 Å². The van der Waals surface area contributed by atoms with E-state index in [0.717, 1.165) is 29.7 Å². The Morgan fingerprint density at radius 3 is 2.52 bits per heavy atom. The fraction of sp³-hybridized carbons (Fsp3) is 0.429. The Balaban J connectivity index is 1.81. The first-order valence-corrected chi connectivity index (χ1v) is 9.95. The number of primary amides is 1. The highest BCUT2D eigenvalue weighted by Crippen LogP contribution is 2.44. The standard InChI is InChI=1S/C21H25FN2O2S/c1-21(2,3)13-6-9-15-16(11-13)27-20(18(15)19(23)26)24-17(25)10-12-4-7-14(22)8-5-12/h4-5,7-8,13H,6,9-11H2,1-3H3,(H2,23,26)(H,24,25). The zero-order valence-corrected chi connectivity index (χ0v) is 16.7. The summed E-state index contributed by atoms with van der Waals surface area (Å²) >= 11 is 1.46. The minimum atomic E-state index is -0.501. The van der Waals surface area contributed by atoms with Crippen molar-refractivity contribution in [1.29, 1.82) is 0 Å². The fourth-order valence-electron chi connectivity index (χ4n) is 3.63. The molecule has 0 bridgehead atoms. The first-order valence-electron chi connectivity index (χ1n) is 9.13. The van der Waals surface area contributed by atoms with Crippen LogP contribution in [-0.4, -0.2) is 11.8 Å². The first-order chi connectivity index (χ1) is 12.6.